The van der Waals surface area contributed by atoms with E-state index in [-0.39, 0.29) is 0 Å². The second-order valence-electron chi connectivity index (χ2n) is 6.14. The summed E-state index contributed by atoms with van der Waals surface area (Å²) in [6, 6.07) is 0. The fraction of sp³-hybridized carbons (Fsp3) is 1.00. The SMILES string of the molecule is NCCCCN1CCCN(CC2CCCC2)CC1. The van der Waals surface area contributed by atoms with Gasteiger partial charge in [0.15, 0.2) is 0 Å². The second kappa shape index (κ2) is 8.13. The highest BCUT2D eigenvalue weighted by molar-refractivity contribution is 4.75. The molecule has 106 valence electrons. The Morgan fingerprint density at radius 2 is 1.56 bits per heavy atom. The fourth-order valence-corrected chi connectivity index (χ4v) is 3.47. The van der Waals surface area contributed by atoms with E-state index in [9.17, 15) is 0 Å². The number of hydrogen-bond acceptors (Lipinski definition) is 3. The van der Waals surface area contributed by atoms with Crippen LogP contribution in [0.1, 0.15) is 44.9 Å². The molecule has 2 fully saturated rings. The minimum Gasteiger partial charge on any atom is -0.330 e. The van der Waals surface area contributed by atoms with E-state index in [0.717, 1.165) is 12.5 Å². The van der Waals surface area contributed by atoms with Crippen molar-refractivity contribution in [1.82, 2.24) is 9.80 Å². The fourth-order valence-electron chi connectivity index (χ4n) is 3.47. The molecule has 1 aliphatic heterocycles. The minimum atomic E-state index is 0.849. The zero-order valence-electron chi connectivity index (χ0n) is 11.9. The maximum absolute atomic E-state index is 5.56. The molecular formula is C15H31N3. The first-order chi connectivity index (χ1) is 8.88. The lowest BCUT2D eigenvalue weighted by Gasteiger charge is -2.24. The molecule has 0 aromatic carbocycles. The molecule has 1 saturated carbocycles. The van der Waals surface area contributed by atoms with Gasteiger partial charge in [-0.1, -0.05) is 12.8 Å². The molecule has 1 heterocycles. The van der Waals surface area contributed by atoms with Gasteiger partial charge in [-0.05, 0) is 64.2 Å². The number of nitrogens with zero attached hydrogens (tertiary/aromatic N) is 2. The van der Waals surface area contributed by atoms with Crippen LogP contribution in [0.25, 0.3) is 0 Å². The standard InChI is InChI=1S/C15H31N3/c16-8-3-4-9-17-10-5-11-18(13-12-17)14-15-6-1-2-7-15/h15H,1-14,16H2. The molecule has 0 bridgehead atoms. The molecule has 0 aromatic heterocycles. The monoisotopic (exact) mass is 253 g/mol. The van der Waals surface area contributed by atoms with Crippen molar-refractivity contribution in [1.29, 1.82) is 0 Å². The molecule has 18 heavy (non-hydrogen) atoms. The van der Waals surface area contributed by atoms with Crippen molar-refractivity contribution in [2.45, 2.75) is 44.9 Å². The summed E-state index contributed by atoms with van der Waals surface area (Å²) >= 11 is 0. The highest BCUT2D eigenvalue weighted by Crippen LogP contribution is 2.25. The van der Waals surface area contributed by atoms with Gasteiger partial charge in [0, 0.05) is 19.6 Å². The quantitative estimate of drug-likeness (QED) is 0.734. The van der Waals surface area contributed by atoms with Gasteiger partial charge in [-0.25, -0.2) is 0 Å². The van der Waals surface area contributed by atoms with Crippen molar-refractivity contribution in [3.05, 3.63) is 0 Å². The van der Waals surface area contributed by atoms with E-state index in [1.54, 1.807) is 0 Å². The van der Waals surface area contributed by atoms with Gasteiger partial charge in [0.1, 0.15) is 0 Å². The predicted octanol–water partition coefficient (Wildman–Crippen LogP) is 1.92. The molecule has 0 atom stereocenters. The van der Waals surface area contributed by atoms with Crippen molar-refractivity contribution >= 4 is 0 Å². The Morgan fingerprint density at radius 1 is 0.833 bits per heavy atom. The summed E-state index contributed by atoms with van der Waals surface area (Å²) in [4.78, 5) is 5.36. The average molecular weight is 253 g/mol. The average Bonchev–Trinajstić information content (AvgIpc) is 2.78. The first-order valence-corrected chi connectivity index (χ1v) is 8.03. The first kappa shape index (κ1) is 14.3. The van der Waals surface area contributed by atoms with Crippen LogP contribution in [-0.2, 0) is 0 Å². The van der Waals surface area contributed by atoms with Crippen molar-refractivity contribution in [2.75, 3.05) is 45.8 Å². The molecule has 0 radical (unpaired) electrons. The van der Waals surface area contributed by atoms with Crippen molar-refractivity contribution < 1.29 is 0 Å². The van der Waals surface area contributed by atoms with Gasteiger partial charge in [-0.3, -0.25) is 0 Å². The van der Waals surface area contributed by atoms with Crippen LogP contribution in [0.15, 0.2) is 0 Å². The summed E-state index contributed by atoms with van der Waals surface area (Å²) in [6.07, 6.45) is 9.73. The lowest BCUT2D eigenvalue weighted by Crippen LogP contribution is -2.34. The predicted molar refractivity (Wildman–Crippen MR) is 77.7 cm³/mol. The topological polar surface area (TPSA) is 32.5 Å². The van der Waals surface area contributed by atoms with Crippen LogP contribution in [-0.4, -0.2) is 55.6 Å². The summed E-state index contributed by atoms with van der Waals surface area (Å²) in [5, 5.41) is 0. The molecule has 2 aliphatic rings. The van der Waals surface area contributed by atoms with E-state index < -0.39 is 0 Å². The van der Waals surface area contributed by atoms with Crippen LogP contribution in [0.5, 0.6) is 0 Å². The Kier molecular flexibility index (Phi) is 6.46. The zero-order chi connectivity index (χ0) is 12.6. The lowest BCUT2D eigenvalue weighted by molar-refractivity contribution is 0.227. The van der Waals surface area contributed by atoms with Crippen LogP contribution in [0.4, 0.5) is 0 Å². The van der Waals surface area contributed by atoms with Crippen LogP contribution in [0, 0.1) is 5.92 Å². The summed E-state index contributed by atoms with van der Waals surface area (Å²) in [5.74, 6) is 1.01. The normalized spacial score (nSPS) is 24.5. The first-order valence-electron chi connectivity index (χ1n) is 8.03. The Bertz CT molecular complexity index is 214. The largest absolute Gasteiger partial charge is 0.330 e. The Hall–Kier alpha value is -0.120. The maximum Gasteiger partial charge on any atom is 0.0109 e. The van der Waals surface area contributed by atoms with Gasteiger partial charge in [-0.2, -0.15) is 0 Å². The lowest BCUT2D eigenvalue weighted by atomic mass is 10.1. The molecular weight excluding hydrogens is 222 g/mol. The second-order valence-corrected chi connectivity index (χ2v) is 6.14. The maximum atomic E-state index is 5.56. The molecule has 3 heteroatoms. The minimum absolute atomic E-state index is 0.849. The van der Waals surface area contributed by atoms with E-state index in [1.807, 2.05) is 0 Å². The van der Waals surface area contributed by atoms with Crippen LogP contribution in [0.3, 0.4) is 0 Å². The van der Waals surface area contributed by atoms with Gasteiger partial charge in [-0.15, -0.1) is 0 Å². The van der Waals surface area contributed by atoms with Gasteiger partial charge < -0.3 is 15.5 Å². The number of hydrogen-bond donors (Lipinski definition) is 1. The highest BCUT2D eigenvalue weighted by Gasteiger charge is 2.20. The molecule has 0 unspecified atom stereocenters. The van der Waals surface area contributed by atoms with Gasteiger partial charge >= 0.3 is 0 Å². The molecule has 0 aromatic rings. The van der Waals surface area contributed by atoms with E-state index in [4.69, 9.17) is 5.73 Å². The molecule has 2 N–H and O–H groups in total. The van der Waals surface area contributed by atoms with Crippen LogP contribution >= 0.6 is 0 Å². The third kappa shape index (κ3) is 4.87. The Balaban J connectivity index is 1.64. The van der Waals surface area contributed by atoms with Gasteiger partial charge in [0.05, 0.1) is 0 Å². The number of rotatable bonds is 6. The van der Waals surface area contributed by atoms with E-state index in [1.165, 1.54) is 84.2 Å². The molecule has 1 saturated heterocycles. The Labute approximate surface area is 113 Å². The smallest absolute Gasteiger partial charge is 0.0109 e. The summed E-state index contributed by atoms with van der Waals surface area (Å²) in [6.45, 7) is 8.67. The van der Waals surface area contributed by atoms with E-state index in [2.05, 4.69) is 9.80 Å². The highest BCUT2D eigenvalue weighted by atomic mass is 15.2. The third-order valence-electron chi connectivity index (χ3n) is 4.60. The van der Waals surface area contributed by atoms with E-state index >= 15 is 0 Å². The molecule has 1 aliphatic carbocycles. The van der Waals surface area contributed by atoms with Crippen molar-refractivity contribution in [3.63, 3.8) is 0 Å². The zero-order valence-corrected chi connectivity index (χ0v) is 11.9. The third-order valence-corrected chi connectivity index (χ3v) is 4.60. The van der Waals surface area contributed by atoms with Gasteiger partial charge in [0.25, 0.3) is 0 Å². The summed E-state index contributed by atoms with van der Waals surface area (Å²) in [5.41, 5.74) is 5.56. The number of unbranched alkanes of at least 4 members (excludes halogenated alkanes) is 1. The van der Waals surface area contributed by atoms with Crippen LogP contribution in [0.2, 0.25) is 0 Å². The summed E-state index contributed by atoms with van der Waals surface area (Å²) in [7, 11) is 0. The summed E-state index contributed by atoms with van der Waals surface area (Å²) < 4.78 is 0. The molecule has 2 rings (SSSR count). The van der Waals surface area contributed by atoms with Crippen molar-refractivity contribution in [2.24, 2.45) is 11.7 Å². The van der Waals surface area contributed by atoms with Crippen LogP contribution < -0.4 is 5.73 Å². The molecule has 3 nitrogen and oxygen atoms in total. The van der Waals surface area contributed by atoms with Gasteiger partial charge in [0.2, 0.25) is 0 Å². The molecule has 0 amide bonds. The number of nitrogens with two attached hydrogens (primary N) is 1. The van der Waals surface area contributed by atoms with E-state index in [0.29, 0.717) is 0 Å². The van der Waals surface area contributed by atoms with Crippen molar-refractivity contribution in [3.8, 4) is 0 Å². The Morgan fingerprint density at radius 3 is 2.33 bits per heavy atom. The molecule has 0 spiro atoms.